The maximum atomic E-state index is 13.0. The summed E-state index contributed by atoms with van der Waals surface area (Å²) >= 11 is 0. The van der Waals surface area contributed by atoms with Crippen LogP contribution in [0.4, 0.5) is 0 Å². The predicted molar refractivity (Wildman–Crippen MR) is 278 cm³/mol. The van der Waals surface area contributed by atoms with Crippen molar-refractivity contribution in [2.24, 2.45) is 0 Å². The first-order valence-electron chi connectivity index (χ1n) is 25.6. The zero-order chi connectivity index (χ0) is 50.3. The molecule has 68 heavy (non-hydrogen) atoms. The van der Waals surface area contributed by atoms with Crippen molar-refractivity contribution in [3.05, 3.63) is 123 Å². The third-order valence-electron chi connectivity index (χ3n) is 15.0. The van der Waals surface area contributed by atoms with Gasteiger partial charge in [0.1, 0.15) is 0 Å². The minimum atomic E-state index is -0.491. The minimum absolute atomic E-state index is 0.343. The Bertz CT molecular complexity index is 2580. The number of carbonyl (C=O) groups excluding carboxylic acids is 4. The van der Waals surface area contributed by atoms with Gasteiger partial charge in [0.15, 0.2) is 0 Å². The largest absolute Gasteiger partial charge is 0.465 e. The van der Waals surface area contributed by atoms with E-state index in [4.69, 9.17) is 18.9 Å². The molecule has 366 valence electrons. The Kier molecular flexibility index (Phi) is 18.2. The fourth-order valence-corrected chi connectivity index (χ4v) is 12.3. The first-order valence-corrected chi connectivity index (χ1v) is 25.6. The van der Waals surface area contributed by atoms with Gasteiger partial charge in [-0.25, -0.2) is 19.2 Å². The van der Waals surface area contributed by atoms with Gasteiger partial charge >= 0.3 is 23.9 Å². The van der Waals surface area contributed by atoms with E-state index in [1.165, 1.54) is 106 Å². The van der Waals surface area contributed by atoms with Gasteiger partial charge in [0.2, 0.25) is 0 Å². The van der Waals surface area contributed by atoms with Gasteiger partial charge in [0, 0.05) is 0 Å². The smallest absolute Gasteiger partial charge is 0.339 e. The van der Waals surface area contributed by atoms with Crippen LogP contribution in [0.5, 0.6) is 0 Å². The number of hydrogen-bond acceptors (Lipinski definition) is 8. The SMILES string of the molecule is CCc1c(CC)c(CC)c2c(c1CC)Cc1c(c(CC)c(C(=O)OC)c(C(=O)OC)c1CC)C2.CCc1c(CC)c(CC)c2cc3c(CC)c(C(=O)OC)c(C(=O)OC)c(CC)c3cc2c1CC. The summed E-state index contributed by atoms with van der Waals surface area (Å²) < 4.78 is 20.7. The van der Waals surface area contributed by atoms with E-state index in [1.807, 2.05) is 13.8 Å². The lowest BCUT2D eigenvalue weighted by atomic mass is 9.71. The number of esters is 4. The zero-order valence-electron chi connectivity index (χ0n) is 44.3. The summed E-state index contributed by atoms with van der Waals surface area (Å²) in [7, 11) is 5.49. The molecular formula is C60H78O8. The molecule has 6 rings (SSSR count). The molecule has 1 aliphatic rings. The Balaban J connectivity index is 0.000000254. The predicted octanol–water partition coefficient (Wildman–Crippen LogP) is 13.1. The maximum Gasteiger partial charge on any atom is 0.339 e. The number of ether oxygens (including phenoxy) is 4. The van der Waals surface area contributed by atoms with Gasteiger partial charge in [-0.15, -0.1) is 0 Å². The van der Waals surface area contributed by atoms with Crippen LogP contribution in [0, 0.1) is 0 Å². The number of carbonyl (C=O) groups is 4. The van der Waals surface area contributed by atoms with Crippen molar-refractivity contribution in [3.63, 3.8) is 0 Å². The van der Waals surface area contributed by atoms with Crippen molar-refractivity contribution >= 4 is 45.4 Å². The van der Waals surface area contributed by atoms with Gasteiger partial charge in [-0.3, -0.25) is 0 Å². The lowest BCUT2D eigenvalue weighted by Crippen LogP contribution is -2.25. The molecule has 0 saturated heterocycles. The average Bonchev–Trinajstić information content (AvgIpc) is 3.37. The Morgan fingerprint density at radius 1 is 0.294 bits per heavy atom. The highest BCUT2D eigenvalue weighted by Crippen LogP contribution is 2.43. The Morgan fingerprint density at radius 3 is 0.706 bits per heavy atom. The monoisotopic (exact) mass is 927 g/mol. The van der Waals surface area contributed by atoms with Gasteiger partial charge in [-0.1, -0.05) is 83.1 Å². The molecule has 0 N–H and O–H groups in total. The first-order chi connectivity index (χ1) is 32.8. The molecule has 0 fully saturated rings. The van der Waals surface area contributed by atoms with Crippen LogP contribution >= 0.6 is 0 Å². The molecule has 8 nitrogen and oxygen atoms in total. The van der Waals surface area contributed by atoms with Crippen LogP contribution in [0.15, 0.2) is 12.1 Å². The molecule has 0 spiro atoms. The van der Waals surface area contributed by atoms with Gasteiger partial charge in [0.25, 0.3) is 0 Å². The van der Waals surface area contributed by atoms with Crippen molar-refractivity contribution in [1.82, 2.24) is 0 Å². The van der Waals surface area contributed by atoms with Crippen molar-refractivity contribution in [3.8, 4) is 0 Å². The highest BCUT2D eigenvalue weighted by atomic mass is 16.5. The second kappa shape index (κ2) is 23.2. The minimum Gasteiger partial charge on any atom is -0.465 e. The van der Waals surface area contributed by atoms with E-state index >= 15 is 0 Å². The average molecular weight is 927 g/mol. The molecule has 0 radical (unpaired) electrons. The van der Waals surface area contributed by atoms with Crippen LogP contribution in [0.3, 0.4) is 0 Å². The van der Waals surface area contributed by atoms with Crippen LogP contribution in [-0.2, 0) is 109 Å². The summed E-state index contributed by atoms with van der Waals surface area (Å²) in [6.07, 6.45) is 12.1. The summed E-state index contributed by atoms with van der Waals surface area (Å²) in [5, 5.41) is 4.59. The Hall–Kier alpha value is -5.50. The lowest BCUT2D eigenvalue weighted by molar-refractivity contribution is 0.0553. The van der Waals surface area contributed by atoms with E-state index in [0.29, 0.717) is 47.9 Å². The van der Waals surface area contributed by atoms with Crippen molar-refractivity contribution in [1.29, 1.82) is 0 Å². The molecule has 1 aliphatic carbocycles. The molecule has 8 heteroatoms. The third-order valence-corrected chi connectivity index (χ3v) is 15.0. The molecule has 5 aromatic rings. The van der Waals surface area contributed by atoms with E-state index in [9.17, 15) is 19.2 Å². The van der Waals surface area contributed by atoms with Crippen LogP contribution in [0.25, 0.3) is 21.5 Å². The number of fused-ring (bicyclic) bond motifs is 4. The quantitative estimate of drug-likeness (QED) is 0.0537. The molecule has 5 aromatic carbocycles. The third kappa shape index (κ3) is 8.97. The van der Waals surface area contributed by atoms with Crippen molar-refractivity contribution in [2.75, 3.05) is 28.4 Å². The molecule has 0 aromatic heterocycles. The molecule has 0 aliphatic heterocycles. The van der Waals surface area contributed by atoms with Crippen LogP contribution in [0.1, 0.15) is 214 Å². The first kappa shape index (κ1) is 53.5. The van der Waals surface area contributed by atoms with E-state index in [-0.39, 0.29) is 0 Å². The number of hydrogen-bond donors (Lipinski definition) is 0. The molecular weight excluding hydrogens is 849 g/mol. The summed E-state index contributed by atoms with van der Waals surface area (Å²) in [6.45, 7) is 26.1. The van der Waals surface area contributed by atoms with Crippen LogP contribution < -0.4 is 0 Å². The number of methoxy groups -OCH3 is 4. The van der Waals surface area contributed by atoms with Crippen molar-refractivity contribution < 1.29 is 38.1 Å². The summed E-state index contributed by atoms with van der Waals surface area (Å²) in [6, 6.07) is 4.54. The fraction of sp³-hybridized carbons (Fsp3) is 0.500. The number of benzene rings is 5. The maximum absolute atomic E-state index is 13.0. The topological polar surface area (TPSA) is 105 Å². The van der Waals surface area contributed by atoms with Crippen LogP contribution in [0.2, 0.25) is 0 Å². The highest BCUT2D eigenvalue weighted by Gasteiger charge is 2.35. The molecule has 0 unspecified atom stereocenters. The normalized spacial score (nSPS) is 11.8. The van der Waals surface area contributed by atoms with E-state index in [1.54, 1.807) is 0 Å². The van der Waals surface area contributed by atoms with Gasteiger partial charge < -0.3 is 18.9 Å². The standard InChI is InChI=1S/C30H40O4.C30H38O4/c2*1-9-17-18(10-2)20(12-4)24-16-26-22(14-6)28(30(32)34-8)27(29(31)33-7)21(13-5)25(26)15-23(24)19(17)11-3/h9-16H2,1-8H3;15-16H,9-14H2,1-8H3. The summed E-state index contributed by atoms with van der Waals surface area (Å²) in [5.74, 6) is -1.90. The van der Waals surface area contributed by atoms with Gasteiger partial charge in [0.05, 0.1) is 50.7 Å². The van der Waals surface area contributed by atoms with Crippen molar-refractivity contribution in [2.45, 2.75) is 173 Å². The molecule has 0 bridgehead atoms. The van der Waals surface area contributed by atoms with E-state index in [2.05, 4.69) is 81.4 Å². The number of aryl methyl sites for hydroxylation is 4. The Labute approximate surface area is 406 Å². The zero-order valence-corrected chi connectivity index (χ0v) is 44.3. The summed E-state index contributed by atoms with van der Waals surface area (Å²) in [5.41, 5.74) is 22.0. The van der Waals surface area contributed by atoms with Crippen LogP contribution in [-0.4, -0.2) is 52.3 Å². The fourth-order valence-electron chi connectivity index (χ4n) is 12.3. The highest BCUT2D eigenvalue weighted by molar-refractivity contribution is 6.14. The van der Waals surface area contributed by atoms with E-state index in [0.717, 1.165) is 97.2 Å². The lowest BCUT2D eigenvalue weighted by Gasteiger charge is -2.33. The summed E-state index contributed by atoms with van der Waals surface area (Å²) in [4.78, 5) is 52.0. The second-order valence-corrected chi connectivity index (χ2v) is 17.7. The molecule has 0 saturated carbocycles. The molecule has 0 amide bonds. The Morgan fingerprint density at radius 2 is 0.485 bits per heavy atom. The van der Waals surface area contributed by atoms with Gasteiger partial charge in [-0.2, -0.15) is 0 Å². The van der Waals surface area contributed by atoms with E-state index < -0.39 is 23.9 Å². The number of rotatable bonds is 16. The van der Waals surface area contributed by atoms with Gasteiger partial charge in [-0.05, 0) is 213 Å². The molecule has 0 heterocycles. The molecule has 0 atom stereocenters. The second-order valence-electron chi connectivity index (χ2n) is 17.7.